The summed E-state index contributed by atoms with van der Waals surface area (Å²) in [6.07, 6.45) is 4.36. The van der Waals surface area contributed by atoms with E-state index in [2.05, 4.69) is 28.8 Å². The Morgan fingerprint density at radius 2 is 2.05 bits per heavy atom. The van der Waals surface area contributed by atoms with Gasteiger partial charge in [0.1, 0.15) is 5.82 Å². The maximum Gasteiger partial charge on any atom is 0.129 e. The van der Waals surface area contributed by atoms with Crippen molar-refractivity contribution in [2.45, 2.75) is 27.2 Å². The van der Waals surface area contributed by atoms with Gasteiger partial charge in [-0.2, -0.15) is 0 Å². The lowest BCUT2D eigenvalue weighted by molar-refractivity contribution is 0.367. The summed E-state index contributed by atoms with van der Waals surface area (Å²) in [5.41, 5.74) is 8.69. The first kappa shape index (κ1) is 13.6. The van der Waals surface area contributed by atoms with Gasteiger partial charge in [0.2, 0.25) is 0 Å². The van der Waals surface area contributed by atoms with Crippen LogP contribution in [0.1, 0.15) is 25.4 Å². The Kier molecular flexibility index (Phi) is 3.90. The molecule has 2 N–H and O–H groups in total. The molecule has 0 fully saturated rings. The number of aromatic nitrogens is 3. The highest BCUT2D eigenvalue weighted by Gasteiger charge is 2.18. The van der Waals surface area contributed by atoms with E-state index >= 15 is 0 Å². The Hall–Kier alpha value is -1.81. The summed E-state index contributed by atoms with van der Waals surface area (Å²) in [6, 6.07) is 5.90. The number of nitrogens with zero attached hydrogens (tertiary/aromatic N) is 3. The van der Waals surface area contributed by atoms with Crippen molar-refractivity contribution in [2.75, 3.05) is 6.54 Å². The van der Waals surface area contributed by atoms with Crippen molar-refractivity contribution in [2.24, 2.45) is 11.1 Å². The van der Waals surface area contributed by atoms with Crippen LogP contribution in [-0.4, -0.2) is 21.5 Å². The van der Waals surface area contributed by atoms with Gasteiger partial charge >= 0.3 is 0 Å². The van der Waals surface area contributed by atoms with E-state index in [1.807, 2.05) is 31.3 Å². The minimum absolute atomic E-state index is 0.0139. The molecule has 4 heteroatoms. The summed E-state index contributed by atoms with van der Waals surface area (Å²) in [7, 11) is 0. The normalized spacial score (nSPS) is 11.6. The van der Waals surface area contributed by atoms with E-state index in [4.69, 9.17) is 5.73 Å². The maximum absolute atomic E-state index is 5.78. The first-order valence-electron chi connectivity index (χ1n) is 6.45. The van der Waals surface area contributed by atoms with Crippen molar-refractivity contribution in [3.05, 3.63) is 42.1 Å². The molecule has 0 amide bonds. The van der Waals surface area contributed by atoms with E-state index in [-0.39, 0.29) is 5.41 Å². The third-order valence-corrected chi connectivity index (χ3v) is 3.05. The summed E-state index contributed by atoms with van der Waals surface area (Å²) in [4.78, 5) is 13.3. The van der Waals surface area contributed by atoms with E-state index in [1.165, 1.54) is 0 Å². The molecule has 100 valence electrons. The van der Waals surface area contributed by atoms with Gasteiger partial charge in [-0.15, -0.1) is 0 Å². The second-order valence-corrected chi connectivity index (χ2v) is 5.60. The van der Waals surface area contributed by atoms with Gasteiger partial charge < -0.3 is 5.73 Å². The smallest absolute Gasteiger partial charge is 0.129 e. The van der Waals surface area contributed by atoms with Crippen molar-refractivity contribution in [3.8, 4) is 11.3 Å². The average molecular weight is 256 g/mol. The Labute approximate surface area is 114 Å². The molecule has 0 aliphatic carbocycles. The van der Waals surface area contributed by atoms with Gasteiger partial charge in [-0.3, -0.25) is 4.98 Å². The standard InChI is InChI=1S/C15H20N4/c1-11-7-13(12-5-4-6-17-9-12)19-14(18-11)8-15(2,3)10-16/h4-7,9H,8,10,16H2,1-3H3. The van der Waals surface area contributed by atoms with Gasteiger partial charge in [-0.1, -0.05) is 13.8 Å². The van der Waals surface area contributed by atoms with Crippen LogP contribution in [-0.2, 0) is 6.42 Å². The molecular weight excluding hydrogens is 236 g/mol. The zero-order valence-corrected chi connectivity index (χ0v) is 11.7. The highest BCUT2D eigenvalue weighted by molar-refractivity contribution is 5.57. The monoisotopic (exact) mass is 256 g/mol. The molecule has 0 aliphatic rings. The zero-order chi connectivity index (χ0) is 13.9. The molecule has 0 spiro atoms. The number of hydrogen-bond donors (Lipinski definition) is 1. The van der Waals surface area contributed by atoms with Crippen molar-refractivity contribution in [1.29, 1.82) is 0 Å². The molecule has 2 heterocycles. The van der Waals surface area contributed by atoms with Crippen molar-refractivity contribution in [3.63, 3.8) is 0 Å². The van der Waals surface area contributed by atoms with Gasteiger partial charge in [0.05, 0.1) is 5.69 Å². The average Bonchev–Trinajstić information content (AvgIpc) is 2.38. The third kappa shape index (κ3) is 3.58. The minimum atomic E-state index is 0.0139. The molecular formula is C15H20N4. The molecule has 0 saturated carbocycles. The van der Waals surface area contributed by atoms with Crippen LogP contribution in [0.4, 0.5) is 0 Å². The Bertz CT molecular complexity index is 549. The zero-order valence-electron chi connectivity index (χ0n) is 11.7. The van der Waals surface area contributed by atoms with Crippen LogP contribution >= 0.6 is 0 Å². The van der Waals surface area contributed by atoms with Crippen molar-refractivity contribution >= 4 is 0 Å². The van der Waals surface area contributed by atoms with E-state index in [0.29, 0.717) is 6.54 Å². The molecule has 2 rings (SSSR count). The molecule has 0 bridgehead atoms. The molecule has 0 atom stereocenters. The number of pyridine rings is 1. The highest BCUT2D eigenvalue weighted by atomic mass is 14.9. The van der Waals surface area contributed by atoms with Crippen molar-refractivity contribution < 1.29 is 0 Å². The van der Waals surface area contributed by atoms with Crippen LogP contribution in [0.25, 0.3) is 11.3 Å². The lowest BCUT2D eigenvalue weighted by atomic mass is 9.89. The predicted octanol–water partition coefficient (Wildman–Crippen LogP) is 2.37. The molecule has 19 heavy (non-hydrogen) atoms. The molecule has 0 saturated heterocycles. The lowest BCUT2D eigenvalue weighted by Crippen LogP contribution is -2.27. The fraction of sp³-hybridized carbons (Fsp3) is 0.400. The quantitative estimate of drug-likeness (QED) is 0.912. The minimum Gasteiger partial charge on any atom is -0.330 e. The van der Waals surface area contributed by atoms with E-state index in [9.17, 15) is 0 Å². The molecule has 0 aromatic carbocycles. The van der Waals surface area contributed by atoms with Crippen LogP contribution in [0, 0.1) is 12.3 Å². The van der Waals surface area contributed by atoms with E-state index in [1.54, 1.807) is 6.20 Å². The molecule has 0 unspecified atom stereocenters. The van der Waals surface area contributed by atoms with Gasteiger partial charge in [-0.05, 0) is 37.1 Å². The second kappa shape index (κ2) is 5.45. The summed E-state index contributed by atoms with van der Waals surface area (Å²) >= 11 is 0. The number of aryl methyl sites for hydroxylation is 1. The Balaban J connectivity index is 2.35. The van der Waals surface area contributed by atoms with Gasteiger partial charge in [0, 0.05) is 30.1 Å². The first-order valence-corrected chi connectivity index (χ1v) is 6.45. The summed E-state index contributed by atoms with van der Waals surface area (Å²) < 4.78 is 0. The number of rotatable bonds is 4. The number of nitrogens with two attached hydrogens (primary N) is 1. The molecule has 0 radical (unpaired) electrons. The lowest BCUT2D eigenvalue weighted by Gasteiger charge is -2.21. The summed E-state index contributed by atoms with van der Waals surface area (Å²) in [5.74, 6) is 0.842. The topological polar surface area (TPSA) is 64.7 Å². The fourth-order valence-electron chi connectivity index (χ4n) is 1.87. The highest BCUT2D eigenvalue weighted by Crippen LogP contribution is 2.21. The van der Waals surface area contributed by atoms with E-state index < -0.39 is 0 Å². The fourth-order valence-corrected chi connectivity index (χ4v) is 1.87. The van der Waals surface area contributed by atoms with Crippen LogP contribution in [0.3, 0.4) is 0 Å². The van der Waals surface area contributed by atoms with E-state index in [0.717, 1.165) is 29.2 Å². The summed E-state index contributed by atoms with van der Waals surface area (Å²) in [5, 5.41) is 0. The molecule has 0 aliphatic heterocycles. The van der Waals surface area contributed by atoms with Gasteiger partial charge in [0.15, 0.2) is 0 Å². The summed E-state index contributed by atoms with van der Waals surface area (Å²) in [6.45, 7) is 6.86. The molecule has 2 aromatic heterocycles. The van der Waals surface area contributed by atoms with Gasteiger partial charge in [-0.25, -0.2) is 9.97 Å². The van der Waals surface area contributed by atoms with Crippen molar-refractivity contribution in [1.82, 2.24) is 15.0 Å². The van der Waals surface area contributed by atoms with Crippen LogP contribution in [0.15, 0.2) is 30.6 Å². The van der Waals surface area contributed by atoms with Crippen LogP contribution < -0.4 is 5.73 Å². The van der Waals surface area contributed by atoms with Gasteiger partial charge in [0.25, 0.3) is 0 Å². The maximum atomic E-state index is 5.78. The SMILES string of the molecule is Cc1cc(-c2cccnc2)nc(CC(C)(C)CN)n1. The number of hydrogen-bond acceptors (Lipinski definition) is 4. The van der Waals surface area contributed by atoms with Crippen LogP contribution in [0.5, 0.6) is 0 Å². The third-order valence-electron chi connectivity index (χ3n) is 3.05. The Morgan fingerprint density at radius 3 is 2.68 bits per heavy atom. The Morgan fingerprint density at radius 1 is 1.26 bits per heavy atom. The predicted molar refractivity (Wildman–Crippen MR) is 76.5 cm³/mol. The molecule has 4 nitrogen and oxygen atoms in total. The van der Waals surface area contributed by atoms with Crippen LogP contribution in [0.2, 0.25) is 0 Å². The first-order chi connectivity index (χ1) is 9.00. The second-order valence-electron chi connectivity index (χ2n) is 5.60. The largest absolute Gasteiger partial charge is 0.330 e. The molecule has 2 aromatic rings.